The SMILES string of the molecule is CCCCC(CC)COC(=O)c1ccccc1C(=O)OCC(CCCCC(C)C)C(=O)O. The topological polar surface area (TPSA) is 89.9 Å². The number of hydrogen-bond donors (Lipinski definition) is 1. The average molecular weight is 449 g/mol. The Bertz CT molecular complexity index is 712. The molecule has 0 saturated heterocycles. The van der Waals surface area contributed by atoms with Crippen LogP contribution in [0.2, 0.25) is 0 Å². The number of esters is 2. The molecule has 0 heterocycles. The van der Waals surface area contributed by atoms with Gasteiger partial charge in [0.05, 0.1) is 23.7 Å². The lowest BCUT2D eigenvalue weighted by Crippen LogP contribution is -2.23. The summed E-state index contributed by atoms with van der Waals surface area (Å²) >= 11 is 0. The van der Waals surface area contributed by atoms with Crippen LogP contribution in [0.1, 0.15) is 99.8 Å². The second-order valence-electron chi connectivity index (χ2n) is 8.87. The van der Waals surface area contributed by atoms with Crippen molar-refractivity contribution >= 4 is 17.9 Å². The number of rotatable bonds is 16. The van der Waals surface area contributed by atoms with Gasteiger partial charge in [-0.25, -0.2) is 9.59 Å². The molecule has 0 saturated carbocycles. The highest BCUT2D eigenvalue weighted by atomic mass is 16.5. The first-order valence-electron chi connectivity index (χ1n) is 12.0. The van der Waals surface area contributed by atoms with E-state index < -0.39 is 23.8 Å². The van der Waals surface area contributed by atoms with E-state index in [9.17, 15) is 19.5 Å². The van der Waals surface area contributed by atoms with E-state index in [4.69, 9.17) is 9.47 Å². The zero-order valence-corrected chi connectivity index (χ0v) is 20.1. The van der Waals surface area contributed by atoms with Crippen molar-refractivity contribution in [2.75, 3.05) is 13.2 Å². The Kier molecular flexibility index (Phi) is 13.3. The fourth-order valence-electron chi connectivity index (χ4n) is 3.48. The van der Waals surface area contributed by atoms with Crippen LogP contribution in [0.3, 0.4) is 0 Å². The molecule has 32 heavy (non-hydrogen) atoms. The number of carboxylic acids is 1. The molecule has 0 amide bonds. The largest absolute Gasteiger partial charge is 0.481 e. The second-order valence-corrected chi connectivity index (χ2v) is 8.87. The first-order chi connectivity index (χ1) is 15.3. The van der Waals surface area contributed by atoms with Crippen molar-refractivity contribution in [3.63, 3.8) is 0 Å². The molecule has 1 aromatic carbocycles. The molecule has 0 bridgehead atoms. The number of hydrogen-bond acceptors (Lipinski definition) is 5. The maximum Gasteiger partial charge on any atom is 0.339 e. The van der Waals surface area contributed by atoms with Crippen LogP contribution in [0.15, 0.2) is 24.3 Å². The lowest BCUT2D eigenvalue weighted by molar-refractivity contribution is -0.143. The lowest BCUT2D eigenvalue weighted by Gasteiger charge is -2.16. The minimum absolute atomic E-state index is 0.100. The third-order valence-electron chi connectivity index (χ3n) is 5.71. The Hall–Kier alpha value is -2.37. The van der Waals surface area contributed by atoms with Crippen molar-refractivity contribution in [2.24, 2.45) is 17.8 Å². The van der Waals surface area contributed by atoms with Crippen LogP contribution >= 0.6 is 0 Å². The standard InChI is InChI=1S/C26H40O6/c1-5-7-13-20(6-2)17-31-25(29)22-15-10-11-16-23(22)26(30)32-18-21(24(27)28)14-9-8-12-19(3)4/h10-11,15-16,19-21H,5-9,12-14,17-18H2,1-4H3,(H,27,28). The quantitative estimate of drug-likeness (QED) is 0.241. The van der Waals surface area contributed by atoms with Gasteiger partial charge in [0.15, 0.2) is 0 Å². The Morgan fingerprint density at radius 1 is 0.844 bits per heavy atom. The van der Waals surface area contributed by atoms with Gasteiger partial charge in [-0.1, -0.05) is 78.4 Å². The van der Waals surface area contributed by atoms with Crippen molar-refractivity contribution < 1.29 is 29.0 Å². The van der Waals surface area contributed by atoms with Crippen molar-refractivity contribution in [1.82, 2.24) is 0 Å². The lowest BCUT2D eigenvalue weighted by atomic mass is 9.99. The van der Waals surface area contributed by atoms with Crippen molar-refractivity contribution in [1.29, 1.82) is 0 Å². The molecule has 0 radical (unpaired) electrons. The molecule has 0 aliphatic carbocycles. The van der Waals surface area contributed by atoms with Crippen LogP contribution in [0, 0.1) is 17.8 Å². The van der Waals surface area contributed by atoms with Gasteiger partial charge in [-0.05, 0) is 36.8 Å². The van der Waals surface area contributed by atoms with E-state index in [1.807, 2.05) is 0 Å². The number of unbranched alkanes of at least 4 members (excludes halogenated alkanes) is 2. The molecule has 0 spiro atoms. The number of carbonyl (C=O) groups excluding carboxylic acids is 2. The zero-order valence-electron chi connectivity index (χ0n) is 20.1. The highest BCUT2D eigenvalue weighted by Crippen LogP contribution is 2.18. The first-order valence-corrected chi connectivity index (χ1v) is 12.0. The third-order valence-corrected chi connectivity index (χ3v) is 5.71. The summed E-state index contributed by atoms with van der Waals surface area (Å²) in [7, 11) is 0. The molecule has 0 aliphatic rings. The van der Waals surface area contributed by atoms with E-state index >= 15 is 0 Å². The molecule has 0 aliphatic heterocycles. The minimum atomic E-state index is -0.979. The number of carboxylic acid groups (broad SMARTS) is 1. The summed E-state index contributed by atoms with van der Waals surface area (Å²) in [4.78, 5) is 36.8. The van der Waals surface area contributed by atoms with E-state index in [1.165, 1.54) is 12.1 Å². The Morgan fingerprint density at radius 2 is 1.41 bits per heavy atom. The fraction of sp³-hybridized carbons (Fsp3) is 0.654. The van der Waals surface area contributed by atoms with Crippen LogP contribution in [0.5, 0.6) is 0 Å². The van der Waals surface area contributed by atoms with Crippen LogP contribution < -0.4 is 0 Å². The molecule has 0 aromatic heterocycles. The zero-order chi connectivity index (χ0) is 23.9. The van der Waals surface area contributed by atoms with Crippen LogP contribution in [0.25, 0.3) is 0 Å². The fourth-order valence-corrected chi connectivity index (χ4v) is 3.48. The van der Waals surface area contributed by atoms with Gasteiger partial charge in [0.2, 0.25) is 0 Å². The predicted molar refractivity (Wildman–Crippen MR) is 125 cm³/mol. The van der Waals surface area contributed by atoms with Gasteiger partial charge in [-0.3, -0.25) is 4.79 Å². The summed E-state index contributed by atoms with van der Waals surface area (Å²) in [5.41, 5.74) is 0.245. The molecule has 1 aromatic rings. The molecule has 180 valence electrons. The van der Waals surface area contributed by atoms with Crippen molar-refractivity contribution in [3.05, 3.63) is 35.4 Å². The molecule has 2 atom stereocenters. The summed E-state index contributed by atoms with van der Waals surface area (Å²) in [5, 5.41) is 9.45. The van der Waals surface area contributed by atoms with Gasteiger partial charge in [-0.2, -0.15) is 0 Å². The van der Waals surface area contributed by atoms with Crippen molar-refractivity contribution in [3.8, 4) is 0 Å². The van der Waals surface area contributed by atoms with Gasteiger partial charge < -0.3 is 14.6 Å². The number of benzene rings is 1. The third kappa shape index (κ3) is 10.3. The van der Waals surface area contributed by atoms with Crippen LogP contribution in [-0.4, -0.2) is 36.2 Å². The van der Waals surface area contributed by atoms with E-state index in [2.05, 4.69) is 27.7 Å². The smallest absolute Gasteiger partial charge is 0.339 e. The predicted octanol–water partition coefficient (Wildman–Crippen LogP) is 6.13. The second kappa shape index (κ2) is 15.4. The van der Waals surface area contributed by atoms with Gasteiger partial charge in [0, 0.05) is 0 Å². The van der Waals surface area contributed by atoms with Gasteiger partial charge in [0.1, 0.15) is 6.61 Å². The van der Waals surface area contributed by atoms with Gasteiger partial charge >= 0.3 is 17.9 Å². The van der Waals surface area contributed by atoms with E-state index in [0.717, 1.165) is 44.9 Å². The number of carbonyl (C=O) groups is 3. The van der Waals surface area contributed by atoms with E-state index in [-0.39, 0.29) is 17.7 Å². The Labute approximate surface area is 192 Å². The van der Waals surface area contributed by atoms with Gasteiger partial charge in [-0.15, -0.1) is 0 Å². The normalized spacial score (nSPS) is 12.9. The maximum atomic E-state index is 12.6. The highest BCUT2D eigenvalue weighted by molar-refractivity contribution is 6.03. The van der Waals surface area contributed by atoms with Gasteiger partial charge in [0.25, 0.3) is 0 Å². The van der Waals surface area contributed by atoms with Crippen molar-refractivity contribution in [2.45, 2.75) is 79.1 Å². The summed E-state index contributed by atoms with van der Waals surface area (Å²) < 4.78 is 10.8. The van der Waals surface area contributed by atoms with E-state index in [1.54, 1.807) is 12.1 Å². The number of ether oxygens (including phenoxy) is 2. The minimum Gasteiger partial charge on any atom is -0.481 e. The Balaban J connectivity index is 2.69. The van der Waals surface area contributed by atoms with E-state index in [0.29, 0.717) is 24.9 Å². The summed E-state index contributed by atoms with van der Waals surface area (Å²) in [6.45, 7) is 8.56. The molecule has 1 N–H and O–H groups in total. The monoisotopic (exact) mass is 448 g/mol. The molecular weight excluding hydrogens is 408 g/mol. The summed E-state index contributed by atoms with van der Waals surface area (Å²) in [6, 6.07) is 6.35. The number of aliphatic carboxylic acids is 1. The molecule has 2 unspecified atom stereocenters. The molecule has 6 heteroatoms. The molecular formula is C26H40O6. The first kappa shape index (κ1) is 27.7. The summed E-state index contributed by atoms with van der Waals surface area (Å²) in [5.74, 6) is -2.13. The summed E-state index contributed by atoms with van der Waals surface area (Å²) in [6.07, 6.45) is 7.30. The average Bonchev–Trinajstić information content (AvgIpc) is 2.77. The Morgan fingerprint density at radius 3 is 1.91 bits per heavy atom. The maximum absolute atomic E-state index is 12.6. The van der Waals surface area contributed by atoms with Crippen LogP contribution in [0.4, 0.5) is 0 Å². The molecule has 6 nitrogen and oxygen atoms in total. The molecule has 1 rings (SSSR count). The van der Waals surface area contributed by atoms with Crippen LogP contribution in [-0.2, 0) is 14.3 Å². The molecule has 0 fully saturated rings. The highest BCUT2D eigenvalue weighted by Gasteiger charge is 2.23.